The zero-order chi connectivity index (χ0) is 13.5. The van der Waals surface area contributed by atoms with Gasteiger partial charge >= 0.3 is 5.97 Å². The Labute approximate surface area is 110 Å². The Hall–Kier alpha value is -1.33. The van der Waals surface area contributed by atoms with Crippen molar-refractivity contribution in [2.75, 3.05) is 0 Å². The molecule has 0 aromatic heterocycles. The van der Waals surface area contributed by atoms with Crippen molar-refractivity contribution in [1.29, 1.82) is 0 Å². The van der Waals surface area contributed by atoms with Gasteiger partial charge in [0.15, 0.2) is 0 Å². The normalized spacial score (nSPS) is 18.0. The van der Waals surface area contributed by atoms with Crippen LogP contribution in [-0.4, -0.2) is 19.5 Å². The summed E-state index contributed by atoms with van der Waals surface area (Å²) < 4.78 is 24.4. The van der Waals surface area contributed by atoms with E-state index >= 15 is 0 Å². The number of sulfone groups is 1. The van der Waals surface area contributed by atoms with Crippen molar-refractivity contribution < 1.29 is 18.3 Å². The van der Waals surface area contributed by atoms with Crippen LogP contribution in [0.1, 0.15) is 18.9 Å². The molecule has 1 aliphatic rings. The number of carbonyl (C=O) groups is 1. The third kappa shape index (κ3) is 2.04. The Bertz CT molecular complexity index is 646. The van der Waals surface area contributed by atoms with E-state index in [1.807, 2.05) is 0 Å². The zero-order valence-corrected chi connectivity index (χ0v) is 11.1. The lowest BCUT2D eigenvalue weighted by Gasteiger charge is -2.08. The molecule has 0 bridgehead atoms. The summed E-state index contributed by atoms with van der Waals surface area (Å²) >= 11 is 5.89. The van der Waals surface area contributed by atoms with Gasteiger partial charge < -0.3 is 5.11 Å². The van der Waals surface area contributed by atoms with Crippen molar-refractivity contribution in [3.63, 3.8) is 0 Å². The highest BCUT2D eigenvalue weighted by atomic mass is 35.5. The third-order valence-electron chi connectivity index (χ3n) is 2.86. The minimum Gasteiger partial charge on any atom is -0.481 e. The maximum absolute atomic E-state index is 12.2. The third-order valence-corrected chi connectivity index (χ3v) is 5.25. The fourth-order valence-electron chi connectivity index (χ4n) is 1.86. The summed E-state index contributed by atoms with van der Waals surface area (Å²) in [5.41, 5.74) is 0.523. The molecule has 0 aliphatic carbocycles. The van der Waals surface area contributed by atoms with E-state index in [0.717, 1.165) is 0 Å². The van der Waals surface area contributed by atoms with Crippen molar-refractivity contribution in [2.45, 2.75) is 18.2 Å². The number of benzene rings is 1. The summed E-state index contributed by atoms with van der Waals surface area (Å²) in [6.07, 6.45) is 1.47. The quantitative estimate of drug-likeness (QED) is 0.927. The van der Waals surface area contributed by atoms with Gasteiger partial charge in [-0.25, -0.2) is 8.42 Å². The van der Waals surface area contributed by atoms with Crippen LogP contribution in [0, 0.1) is 5.92 Å². The molecule has 0 saturated carbocycles. The van der Waals surface area contributed by atoms with E-state index in [-0.39, 0.29) is 21.2 Å². The molecule has 1 aromatic rings. The molecule has 18 heavy (non-hydrogen) atoms. The summed E-state index contributed by atoms with van der Waals surface area (Å²) in [4.78, 5) is 11.0. The van der Waals surface area contributed by atoms with Crippen molar-refractivity contribution in [1.82, 2.24) is 0 Å². The van der Waals surface area contributed by atoms with Crippen LogP contribution in [0.2, 0.25) is 5.02 Å². The first-order valence-corrected chi connectivity index (χ1v) is 7.17. The predicted octanol–water partition coefficient (Wildman–Crippen LogP) is 2.58. The number of carboxylic acids is 1. The molecule has 0 radical (unpaired) electrons. The largest absolute Gasteiger partial charge is 0.481 e. The number of aliphatic carboxylic acids is 1. The van der Waals surface area contributed by atoms with Gasteiger partial charge in [0.05, 0.1) is 20.7 Å². The van der Waals surface area contributed by atoms with Gasteiger partial charge in [0.1, 0.15) is 0 Å². The van der Waals surface area contributed by atoms with E-state index in [1.54, 1.807) is 12.1 Å². The van der Waals surface area contributed by atoms with Gasteiger partial charge in [0.2, 0.25) is 9.84 Å². The van der Waals surface area contributed by atoms with Crippen LogP contribution in [0.5, 0.6) is 0 Å². The van der Waals surface area contributed by atoms with Crippen LogP contribution < -0.4 is 0 Å². The zero-order valence-electron chi connectivity index (χ0n) is 9.55. The van der Waals surface area contributed by atoms with Gasteiger partial charge in [-0.15, -0.1) is 0 Å². The lowest BCUT2D eigenvalue weighted by atomic mass is 10.1. The van der Waals surface area contributed by atoms with Crippen molar-refractivity contribution in [2.24, 2.45) is 5.92 Å². The van der Waals surface area contributed by atoms with Crippen LogP contribution in [0.25, 0.3) is 6.08 Å². The lowest BCUT2D eigenvalue weighted by Crippen LogP contribution is -2.13. The Morgan fingerprint density at radius 2 is 2.11 bits per heavy atom. The highest BCUT2D eigenvalue weighted by molar-refractivity contribution is 7.96. The first kappa shape index (κ1) is 13.1. The molecular weight excluding hydrogens is 276 g/mol. The fourth-order valence-corrected chi connectivity index (χ4v) is 4.12. The first-order chi connectivity index (χ1) is 8.34. The molecular formula is C12H11ClO4S. The predicted molar refractivity (Wildman–Crippen MR) is 68.0 cm³/mol. The highest BCUT2D eigenvalue weighted by Crippen LogP contribution is 2.39. The monoisotopic (exact) mass is 286 g/mol. The maximum Gasteiger partial charge on any atom is 0.306 e. The molecule has 1 atom stereocenters. The van der Waals surface area contributed by atoms with Gasteiger partial charge in [0, 0.05) is 0 Å². The van der Waals surface area contributed by atoms with Crippen LogP contribution in [0.15, 0.2) is 28.0 Å². The standard InChI is InChI=1S/C12H11ClO4S/c1-7(12(14)15)5-9-6-8-3-2-4-10(13)11(8)18(9,16)17/h2-4,6-7H,5H2,1H3,(H,14,15). The molecule has 0 spiro atoms. The molecule has 0 saturated heterocycles. The second kappa shape index (κ2) is 4.40. The van der Waals surface area contributed by atoms with E-state index in [4.69, 9.17) is 16.7 Å². The number of carboxylic acid groups (broad SMARTS) is 1. The molecule has 1 unspecified atom stereocenters. The van der Waals surface area contributed by atoms with E-state index < -0.39 is 21.7 Å². The van der Waals surface area contributed by atoms with Crippen LogP contribution in [0.4, 0.5) is 0 Å². The Morgan fingerprint density at radius 1 is 1.44 bits per heavy atom. The molecule has 1 aliphatic heterocycles. The summed E-state index contributed by atoms with van der Waals surface area (Å²) in [6, 6.07) is 4.82. The Morgan fingerprint density at radius 3 is 2.67 bits per heavy atom. The molecule has 1 aromatic carbocycles. The van der Waals surface area contributed by atoms with Gasteiger partial charge in [-0.05, 0) is 24.1 Å². The van der Waals surface area contributed by atoms with Crippen molar-refractivity contribution >= 4 is 33.5 Å². The van der Waals surface area contributed by atoms with E-state index in [0.29, 0.717) is 5.56 Å². The van der Waals surface area contributed by atoms with E-state index in [1.165, 1.54) is 19.1 Å². The van der Waals surface area contributed by atoms with Crippen LogP contribution >= 0.6 is 11.6 Å². The van der Waals surface area contributed by atoms with Gasteiger partial charge in [-0.2, -0.15) is 0 Å². The minimum absolute atomic E-state index is 0.0251. The molecule has 1 N–H and O–H groups in total. The number of fused-ring (bicyclic) bond motifs is 1. The summed E-state index contributed by atoms with van der Waals surface area (Å²) in [5, 5.41) is 9.00. The lowest BCUT2D eigenvalue weighted by molar-refractivity contribution is -0.141. The summed E-state index contributed by atoms with van der Waals surface area (Å²) in [7, 11) is -3.64. The van der Waals surface area contributed by atoms with Crippen LogP contribution in [-0.2, 0) is 14.6 Å². The van der Waals surface area contributed by atoms with E-state index in [2.05, 4.69) is 0 Å². The summed E-state index contributed by atoms with van der Waals surface area (Å²) in [5.74, 6) is -1.77. The van der Waals surface area contributed by atoms with Gasteiger partial charge in [0.25, 0.3) is 0 Å². The molecule has 6 heteroatoms. The molecule has 0 fully saturated rings. The van der Waals surface area contributed by atoms with Crippen molar-refractivity contribution in [3.8, 4) is 0 Å². The van der Waals surface area contributed by atoms with E-state index in [9.17, 15) is 13.2 Å². The SMILES string of the molecule is CC(CC1=Cc2cccc(Cl)c2S1(=O)=O)C(=O)O. The second-order valence-corrected chi connectivity index (χ2v) is 6.56. The fraction of sp³-hybridized carbons (Fsp3) is 0.250. The molecule has 1 heterocycles. The second-order valence-electron chi connectivity index (χ2n) is 4.22. The molecule has 2 rings (SSSR count). The summed E-state index contributed by atoms with van der Waals surface area (Å²) in [6.45, 7) is 1.48. The molecule has 4 nitrogen and oxygen atoms in total. The smallest absolute Gasteiger partial charge is 0.306 e. The first-order valence-electron chi connectivity index (χ1n) is 5.31. The Kier molecular flexibility index (Phi) is 3.21. The molecule has 0 amide bonds. The number of rotatable bonds is 3. The number of hydrogen-bond donors (Lipinski definition) is 1. The average molecular weight is 287 g/mol. The number of halogens is 1. The number of hydrogen-bond acceptors (Lipinski definition) is 3. The van der Waals surface area contributed by atoms with Gasteiger partial charge in [-0.3, -0.25) is 4.79 Å². The maximum atomic E-state index is 12.2. The molecule has 96 valence electrons. The van der Waals surface area contributed by atoms with Gasteiger partial charge in [-0.1, -0.05) is 30.7 Å². The highest BCUT2D eigenvalue weighted by Gasteiger charge is 2.33. The Balaban J connectivity index is 2.45. The topological polar surface area (TPSA) is 71.4 Å². The number of allylic oxidation sites excluding steroid dienone is 1. The van der Waals surface area contributed by atoms with Crippen LogP contribution in [0.3, 0.4) is 0 Å². The van der Waals surface area contributed by atoms with Crippen molar-refractivity contribution in [3.05, 3.63) is 33.7 Å². The minimum atomic E-state index is -3.64. The average Bonchev–Trinajstić information content (AvgIpc) is 2.51.